The van der Waals surface area contributed by atoms with Crippen molar-refractivity contribution in [1.29, 1.82) is 0 Å². The van der Waals surface area contributed by atoms with Gasteiger partial charge in [-0.05, 0) is 49.5 Å². The van der Waals surface area contributed by atoms with Crippen LogP contribution in [0.5, 0.6) is 0 Å². The second-order valence-electron chi connectivity index (χ2n) is 7.94. The zero-order chi connectivity index (χ0) is 18.9. The molecule has 0 atom stereocenters. The van der Waals surface area contributed by atoms with Crippen molar-refractivity contribution in [2.75, 3.05) is 39.4 Å². The number of hydrogen-bond donors (Lipinski definition) is 1. The van der Waals surface area contributed by atoms with Crippen LogP contribution in [0.1, 0.15) is 49.7 Å². The second kappa shape index (κ2) is 11.0. The van der Waals surface area contributed by atoms with Crippen molar-refractivity contribution in [3.8, 4) is 0 Å². The lowest BCUT2D eigenvalue weighted by molar-refractivity contribution is 0.0367. The third-order valence-electron chi connectivity index (χ3n) is 5.85. The fourth-order valence-corrected chi connectivity index (χ4v) is 4.39. The summed E-state index contributed by atoms with van der Waals surface area (Å²) in [6.07, 6.45) is 7.68. The van der Waals surface area contributed by atoms with E-state index >= 15 is 0 Å². The number of morpholine rings is 1. The number of thiocarbonyl (C=S) groups is 1. The molecule has 0 aromatic heterocycles. The molecule has 1 saturated carbocycles. The van der Waals surface area contributed by atoms with Crippen LogP contribution in [0.4, 0.5) is 0 Å². The highest BCUT2D eigenvalue weighted by Crippen LogP contribution is 2.18. The van der Waals surface area contributed by atoms with Gasteiger partial charge in [-0.15, -0.1) is 0 Å². The van der Waals surface area contributed by atoms with Crippen molar-refractivity contribution in [2.45, 2.75) is 58.0 Å². The van der Waals surface area contributed by atoms with Gasteiger partial charge in [-0.3, -0.25) is 4.90 Å². The zero-order valence-electron chi connectivity index (χ0n) is 16.8. The average Bonchev–Trinajstić information content (AvgIpc) is 2.70. The Bertz CT molecular complexity index is 583. The molecule has 0 spiro atoms. The van der Waals surface area contributed by atoms with E-state index in [0.717, 1.165) is 57.5 Å². The number of nitrogens with zero attached hydrogens (tertiary/aromatic N) is 2. The number of rotatable bonds is 7. The predicted octanol–water partition coefficient (Wildman–Crippen LogP) is 3.73. The van der Waals surface area contributed by atoms with Gasteiger partial charge in [-0.25, -0.2) is 0 Å². The van der Waals surface area contributed by atoms with E-state index in [4.69, 9.17) is 17.0 Å². The van der Waals surface area contributed by atoms with Crippen molar-refractivity contribution >= 4 is 17.3 Å². The minimum absolute atomic E-state index is 0.560. The summed E-state index contributed by atoms with van der Waals surface area (Å²) in [5.74, 6) is 0. The van der Waals surface area contributed by atoms with Crippen LogP contribution in [0, 0.1) is 6.92 Å². The normalized spacial score (nSPS) is 19.0. The fraction of sp³-hybridized carbons (Fsp3) is 0.682. The molecule has 5 heteroatoms. The third kappa shape index (κ3) is 6.74. The van der Waals surface area contributed by atoms with Crippen molar-refractivity contribution in [3.63, 3.8) is 0 Å². The number of ether oxygens (including phenoxy) is 1. The van der Waals surface area contributed by atoms with Gasteiger partial charge in [0.25, 0.3) is 0 Å². The first kappa shape index (κ1) is 20.6. The molecule has 27 heavy (non-hydrogen) atoms. The molecule has 3 rings (SSSR count). The van der Waals surface area contributed by atoms with E-state index < -0.39 is 0 Å². The maximum atomic E-state index is 5.85. The Hall–Kier alpha value is -1.17. The largest absolute Gasteiger partial charge is 0.379 e. The molecule has 1 saturated heterocycles. The van der Waals surface area contributed by atoms with Crippen LogP contribution in [0.2, 0.25) is 0 Å². The van der Waals surface area contributed by atoms with Gasteiger partial charge in [-0.1, -0.05) is 43.5 Å². The SMILES string of the molecule is Cc1ccccc1CN(CCCN1CCOCC1)C(=S)NC1CCCCC1. The van der Waals surface area contributed by atoms with E-state index in [9.17, 15) is 0 Å². The van der Waals surface area contributed by atoms with Crippen LogP contribution < -0.4 is 5.32 Å². The second-order valence-corrected chi connectivity index (χ2v) is 8.33. The van der Waals surface area contributed by atoms with E-state index in [1.807, 2.05) is 0 Å². The van der Waals surface area contributed by atoms with E-state index in [1.165, 1.54) is 43.2 Å². The average molecular weight is 390 g/mol. The Morgan fingerprint density at radius 3 is 2.67 bits per heavy atom. The van der Waals surface area contributed by atoms with Gasteiger partial charge in [0.1, 0.15) is 0 Å². The Morgan fingerprint density at radius 1 is 1.19 bits per heavy atom. The van der Waals surface area contributed by atoms with Gasteiger partial charge >= 0.3 is 0 Å². The molecule has 2 aliphatic rings. The number of benzene rings is 1. The maximum absolute atomic E-state index is 5.85. The lowest BCUT2D eigenvalue weighted by Crippen LogP contribution is -2.46. The molecule has 150 valence electrons. The minimum Gasteiger partial charge on any atom is -0.379 e. The maximum Gasteiger partial charge on any atom is 0.169 e. The van der Waals surface area contributed by atoms with E-state index in [1.54, 1.807) is 0 Å². The Labute approximate surface area is 170 Å². The van der Waals surface area contributed by atoms with Crippen LogP contribution in [0.3, 0.4) is 0 Å². The minimum atomic E-state index is 0.560. The molecule has 1 heterocycles. The lowest BCUT2D eigenvalue weighted by atomic mass is 9.96. The quantitative estimate of drug-likeness (QED) is 0.718. The summed E-state index contributed by atoms with van der Waals surface area (Å²) in [7, 11) is 0. The van der Waals surface area contributed by atoms with Crippen LogP contribution in [0.15, 0.2) is 24.3 Å². The third-order valence-corrected chi connectivity index (χ3v) is 6.22. The first-order valence-corrected chi connectivity index (χ1v) is 11.0. The van der Waals surface area contributed by atoms with Crippen molar-refractivity contribution in [3.05, 3.63) is 35.4 Å². The molecule has 2 fully saturated rings. The highest BCUT2D eigenvalue weighted by atomic mass is 32.1. The fourth-order valence-electron chi connectivity index (χ4n) is 4.07. The van der Waals surface area contributed by atoms with Gasteiger partial charge < -0.3 is 15.0 Å². The van der Waals surface area contributed by atoms with Gasteiger partial charge in [0, 0.05) is 38.8 Å². The van der Waals surface area contributed by atoms with Crippen molar-refractivity contribution in [1.82, 2.24) is 15.1 Å². The molecular weight excluding hydrogens is 354 g/mol. The smallest absolute Gasteiger partial charge is 0.169 e. The van der Waals surface area contributed by atoms with Crippen LogP contribution in [0.25, 0.3) is 0 Å². The summed E-state index contributed by atoms with van der Waals surface area (Å²) in [5.41, 5.74) is 2.72. The van der Waals surface area contributed by atoms with Gasteiger partial charge in [0.2, 0.25) is 0 Å². The predicted molar refractivity (Wildman–Crippen MR) is 116 cm³/mol. The van der Waals surface area contributed by atoms with E-state index in [0.29, 0.717) is 6.04 Å². The van der Waals surface area contributed by atoms with E-state index in [2.05, 4.69) is 46.3 Å². The molecule has 0 bridgehead atoms. The Balaban J connectivity index is 1.56. The van der Waals surface area contributed by atoms with Crippen molar-refractivity contribution < 1.29 is 4.74 Å². The summed E-state index contributed by atoms with van der Waals surface area (Å²) < 4.78 is 5.46. The van der Waals surface area contributed by atoms with Gasteiger partial charge in [0.15, 0.2) is 5.11 Å². The Morgan fingerprint density at radius 2 is 1.93 bits per heavy atom. The molecule has 0 amide bonds. The monoisotopic (exact) mass is 389 g/mol. The molecule has 1 N–H and O–H groups in total. The molecule has 1 aromatic carbocycles. The molecule has 1 aliphatic heterocycles. The molecule has 1 aromatic rings. The van der Waals surface area contributed by atoms with Crippen LogP contribution in [-0.2, 0) is 11.3 Å². The molecule has 4 nitrogen and oxygen atoms in total. The summed E-state index contributed by atoms with van der Waals surface area (Å²) in [5, 5.41) is 4.61. The molecule has 0 unspecified atom stereocenters. The first-order valence-electron chi connectivity index (χ1n) is 10.6. The number of aryl methyl sites for hydroxylation is 1. The lowest BCUT2D eigenvalue weighted by Gasteiger charge is -2.32. The number of hydrogen-bond acceptors (Lipinski definition) is 3. The summed E-state index contributed by atoms with van der Waals surface area (Å²) in [4.78, 5) is 4.89. The zero-order valence-corrected chi connectivity index (χ0v) is 17.6. The molecule has 0 radical (unpaired) electrons. The first-order chi connectivity index (χ1) is 13.2. The highest BCUT2D eigenvalue weighted by Gasteiger charge is 2.18. The highest BCUT2D eigenvalue weighted by molar-refractivity contribution is 7.80. The summed E-state index contributed by atoms with van der Waals surface area (Å²) in [6, 6.07) is 9.23. The summed E-state index contributed by atoms with van der Waals surface area (Å²) in [6.45, 7) is 9.07. The number of nitrogens with one attached hydrogen (secondary N) is 1. The standard InChI is InChI=1S/C22H35N3OS/c1-19-8-5-6-9-20(19)18-25(13-7-12-24-14-16-26-17-15-24)22(27)23-21-10-3-2-4-11-21/h5-6,8-9,21H,2-4,7,10-18H2,1H3,(H,23,27). The van der Waals surface area contributed by atoms with E-state index in [-0.39, 0.29) is 0 Å². The van der Waals surface area contributed by atoms with Gasteiger partial charge in [-0.2, -0.15) is 0 Å². The molecule has 1 aliphatic carbocycles. The van der Waals surface area contributed by atoms with Crippen LogP contribution in [-0.4, -0.2) is 60.3 Å². The summed E-state index contributed by atoms with van der Waals surface area (Å²) >= 11 is 5.85. The topological polar surface area (TPSA) is 27.7 Å². The van der Waals surface area contributed by atoms with Crippen molar-refractivity contribution in [2.24, 2.45) is 0 Å². The Kier molecular flexibility index (Phi) is 8.36. The molecular formula is C22H35N3OS. The van der Waals surface area contributed by atoms with Crippen LogP contribution >= 0.6 is 12.2 Å². The van der Waals surface area contributed by atoms with Gasteiger partial charge in [0.05, 0.1) is 13.2 Å².